The van der Waals surface area contributed by atoms with Crippen LogP contribution in [0.2, 0.25) is 0 Å². The van der Waals surface area contributed by atoms with E-state index in [1.807, 2.05) is 26.8 Å². The molecule has 0 bridgehead atoms. The van der Waals surface area contributed by atoms with Crippen molar-refractivity contribution in [3.63, 3.8) is 0 Å². The molecule has 0 saturated carbocycles. The van der Waals surface area contributed by atoms with Crippen molar-refractivity contribution in [3.8, 4) is 0 Å². The molecule has 0 aliphatic carbocycles. The van der Waals surface area contributed by atoms with Crippen molar-refractivity contribution in [2.75, 3.05) is 11.1 Å². The van der Waals surface area contributed by atoms with Crippen LogP contribution in [-0.4, -0.2) is 10.9 Å². The van der Waals surface area contributed by atoms with Gasteiger partial charge in [0.1, 0.15) is 4.88 Å². The van der Waals surface area contributed by atoms with Gasteiger partial charge < -0.3 is 11.1 Å². The van der Waals surface area contributed by atoms with E-state index in [0.717, 1.165) is 16.8 Å². The van der Waals surface area contributed by atoms with Crippen LogP contribution in [0.15, 0.2) is 17.6 Å². The SMILES string of the molecule is Cc1ccc(N)c(NC(=O)c2scnc2C)c1C. The molecular formula is C13H15N3OS. The molecule has 5 heteroatoms. The normalized spacial score (nSPS) is 10.4. The van der Waals surface area contributed by atoms with Gasteiger partial charge in [0.15, 0.2) is 0 Å². The van der Waals surface area contributed by atoms with Crippen molar-refractivity contribution >= 4 is 28.6 Å². The highest BCUT2D eigenvalue weighted by Gasteiger charge is 2.15. The number of thiazole rings is 1. The number of nitrogen functional groups attached to an aromatic ring is 1. The molecule has 2 rings (SSSR count). The number of nitrogens with two attached hydrogens (primary N) is 1. The van der Waals surface area contributed by atoms with Crippen molar-refractivity contribution < 1.29 is 4.79 Å². The summed E-state index contributed by atoms with van der Waals surface area (Å²) in [5.41, 5.74) is 11.7. The van der Waals surface area contributed by atoms with E-state index in [9.17, 15) is 4.79 Å². The molecule has 3 N–H and O–H groups in total. The van der Waals surface area contributed by atoms with E-state index in [4.69, 9.17) is 5.73 Å². The summed E-state index contributed by atoms with van der Waals surface area (Å²) in [6.45, 7) is 5.75. The molecule has 0 atom stereocenters. The standard InChI is InChI=1S/C13H15N3OS/c1-7-4-5-10(14)11(8(7)2)16-13(17)12-9(3)15-6-18-12/h4-6H,14H2,1-3H3,(H,16,17). The number of nitrogens with zero attached hydrogens (tertiary/aromatic N) is 1. The number of hydrogen-bond acceptors (Lipinski definition) is 4. The van der Waals surface area contributed by atoms with Gasteiger partial charge in [0.25, 0.3) is 5.91 Å². The lowest BCUT2D eigenvalue weighted by atomic mass is 10.1. The van der Waals surface area contributed by atoms with Crippen LogP contribution in [0.4, 0.5) is 11.4 Å². The van der Waals surface area contributed by atoms with Crippen LogP contribution in [-0.2, 0) is 0 Å². The minimum absolute atomic E-state index is 0.157. The minimum atomic E-state index is -0.157. The molecule has 0 aliphatic heterocycles. The summed E-state index contributed by atoms with van der Waals surface area (Å²) in [4.78, 5) is 16.8. The van der Waals surface area contributed by atoms with E-state index in [-0.39, 0.29) is 5.91 Å². The molecule has 4 nitrogen and oxygen atoms in total. The average Bonchev–Trinajstić information content (AvgIpc) is 2.76. The summed E-state index contributed by atoms with van der Waals surface area (Å²) in [5.74, 6) is -0.157. The van der Waals surface area contributed by atoms with Crippen molar-refractivity contribution in [1.82, 2.24) is 4.98 Å². The Labute approximate surface area is 110 Å². The number of carbonyl (C=O) groups excluding carboxylic acids is 1. The van der Waals surface area contributed by atoms with E-state index in [1.54, 1.807) is 11.6 Å². The fourth-order valence-electron chi connectivity index (χ4n) is 1.69. The molecule has 1 heterocycles. The largest absolute Gasteiger partial charge is 0.397 e. The third-order valence-electron chi connectivity index (χ3n) is 2.96. The number of nitrogens with one attached hydrogen (secondary N) is 1. The zero-order chi connectivity index (χ0) is 13.3. The maximum Gasteiger partial charge on any atom is 0.267 e. The number of benzene rings is 1. The van der Waals surface area contributed by atoms with Gasteiger partial charge in [-0.1, -0.05) is 6.07 Å². The number of anilines is 2. The molecule has 1 aromatic heterocycles. The molecule has 0 spiro atoms. The Morgan fingerprint density at radius 1 is 1.33 bits per heavy atom. The summed E-state index contributed by atoms with van der Waals surface area (Å²) in [6.07, 6.45) is 0. The second-order valence-corrected chi connectivity index (χ2v) is 5.05. The van der Waals surface area contributed by atoms with Crippen LogP contribution < -0.4 is 11.1 Å². The second kappa shape index (κ2) is 4.78. The lowest BCUT2D eigenvalue weighted by Crippen LogP contribution is -2.14. The van der Waals surface area contributed by atoms with Crippen LogP contribution in [0.5, 0.6) is 0 Å². The molecule has 0 saturated heterocycles. The fourth-order valence-corrected chi connectivity index (χ4v) is 2.39. The summed E-state index contributed by atoms with van der Waals surface area (Å²) in [5, 5.41) is 2.87. The van der Waals surface area contributed by atoms with Gasteiger partial charge in [0.2, 0.25) is 0 Å². The Bertz CT molecular complexity index is 604. The summed E-state index contributed by atoms with van der Waals surface area (Å²) < 4.78 is 0. The maximum atomic E-state index is 12.1. The van der Waals surface area contributed by atoms with Crippen molar-refractivity contribution in [3.05, 3.63) is 39.3 Å². The first-order valence-corrected chi connectivity index (χ1v) is 6.45. The van der Waals surface area contributed by atoms with Crippen LogP contribution >= 0.6 is 11.3 Å². The topological polar surface area (TPSA) is 68.0 Å². The number of amides is 1. The van der Waals surface area contributed by atoms with Crippen LogP contribution in [0.3, 0.4) is 0 Å². The predicted molar refractivity (Wildman–Crippen MR) is 75.1 cm³/mol. The summed E-state index contributed by atoms with van der Waals surface area (Å²) in [6, 6.07) is 3.75. The third kappa shape index (κ3) is 2.22. The Kier molecular flexibility index (Phi) is 3.34. The fraction of sp³-hybridized carbons (Fsp3) is 0.231. The Morgan fingerprint density at radius 2 is 2.06 bits per heavy atom. The van der Waals surface area contributed by atoms with Crippen molar-refractivity contribution in [2.24, 2.45) is 0 Å². The molecule has 0 aliphatic rings. The Hall–Kier alpha value is -1.88. The highest BCUT2D eigenvalue weighted by Crippen LogP contribution is 2.27. The van der Waals surface area contributed by atoms with Crippen molar-refractivity contribution in [1.29, 1.82) is 0 Å². The molecule has 0 radical (unpaired) electrons. The van der Waals surface area contributed by atoms with Crippen molar-refractivity contribution in [2.45, 2.75) is 20.8 Å². The first-order chi connectivity index (χ1) is 8.50. The first-order valence-electron chi connectivity index (χ1n) is 5.58. The van der Waals surface area contributed by atoms with Crippen LogP contribution in [0.1, 0.15) is 26.5 Å². The molecular weight excluding hydrogens is 246 g/mol. The van der Waals surface area contributed by atoms with E-state index >= 15 is 0 Å². The number of aryl methyl sites for hydroxylation is 2. The minimum Gasteiger partial charge on any atom is -0.397 e. The van der Waals surface area contributed by atoms with Crippen LogP contribution in [0, 0.1) is 20.8 Å². The first kappa shape index (κ1) is 12.6. The smallest absolute Gasteiger partial charge is 0.267 e. The van der Waals surface area contributed by atoms with Gasteiger partial charge in [-0.3, -0.25) is 4.79 Å². The molecule has 0 unspecified atom stereocenters. The molecule has 1 amide bonds. The van der Waals surface area contributed by atoms with Crippen LogP contribution in [0.25, 0.3) is 0 Å². The zero-order valence-electron chi connectivity index (χ0n) is 10.6. The van der Waals surface area contributed by atoms with Gasteiger partial charge in [-0.25, -0.2) is 4.98 Å². The maximum absolute atomic E-state index is 12.1. The van der Waals surface area contributed by atoms with Gasteiger partial charge in [-0.15, -0.1) is 11.3 Å². The number of hydrogen-bond donors (Lipinski definition) is 2. The van der Waals surface area contributed by atoms with E-state index in [0.29, 0.717) is 16.3 Å². The van der Waals surface area contributed by atoms with Gasteiger partial charge in [0.05, 0.1) is 22.6 Å². The highest BCUT2D eigenvalue weighted by molar-refractivity contribution is 7.12. The monoisotopic (exact) mass is 261 g/mol. The third-order valence-corrected chi connectivity index (χ3v) is 3.89. The molecule has 18 heavy (non-hydrogen) atoms. The van der Waals surface area contributed by atoms with Gasteiger partial charge >= 0.3 is 0 Å². The lowest BCUT2D eigenvalue weighted by molar-refractivity contribution is 0.103. The summed E-state index contributed by atoms with van der Waals surface area (Å²) in [7, 11) is 0. The second-order valence-electron chi connectivity index (χ2n) is 4.19. The quantitative estimate of drug-likeness (QED) is 0.817. The molecule has 1 aromatic carbocycles. The highest BCUT2D eigenvalue weighted by atomic mass is 32.1. The Balaban J connectivity index is 2.33. The number of carbonyl (C=O) groups is 1. The zero-order valence-corrected chi connectivity index (χ0v) is 11.4. The van der Waals surface area contributed by atoms with Gasteiger partial charge in [0, 0.05) is 0 Å². The van der Waals surface area contributed by atoms with E-state index in [2.05, 4.69) is 10.3 Å². The lowest BCUT2D eigenvalue weighted by Gasteiger charge is -2.12. The van der Waals surface area contributed by atoms with E-state index < -0.39 is 0 Å². The number of rotatable bonds is 2. The average molecular weight is 261 g/mol. The molecule has 94 valence electrons. The predicted octanol–water partition coefficient (Wildman–Crippen LogP) is 2.90. The summed E-state index contributed by atoms with van der Waals surface area (Å²) >= 11 is 1.33. The van der Waals surface area contributed by atoms with E-state index in [1.165, 1.54) is 11.3 Å². The molecule has 0 fully saturated rings. The van der Waals surface area contributed by atoms with Gasteiger partial charge in [-0.05, 0) is 38.0 Å². The molecule has 2 aromatic rings. The van der Waals surface area contributed by atoms with Gasteiger partial charge in [-0.2, -0.15) is 0 Å². The Morgan fingerprint density at radius 3 is 2.67 bits per heavy atom. The number of aromatic nitrogens is 1.